The molecule has 0 radical (unpaired) electrons. The highest BCUT2D eigenvalue weighted by Crippen LogP contribution is 2.29. The summed E-state index contributed by atoms with van der Waals surface area (Å²) in [4.78, 5) is 22.1. The molecular weight excluding hydrogens is 302 g/mol. The Morgan fingerprint density at radius 3 is 3.00 bits per heavy atom. The van der Waals surface area contributed by atoms with Gasteiger partial charge in [0, 0.05) is 24.2 Å². The van der Waals surface area contributed by atoms with Crippen molar-refractivity contribution in [1.82, 2.24) is 19.7 Å². The second-order valence-corrected chi connectivity index (χ2v) is 6.64. The van der Waals surface area contributed by atoms with Crippen molar-refractivity contribution < 1.29 is 4.92 Å². The monoisotopic (exact) mass is 315 g/mol. The lowest BCUT2D eigenvalue weighted by molar-refractivity contribution is -0.433. The minimum Gasteiger partial charge on any atom is -0.346 e. The van der Waals surface area contributed by atoms with Gasteiger partial charge in [-0.15, -0.1) is 11.3 Å². The van der Waals surface area contributed by atoms with Gasteiger partial charge in [0.25, 0.3) is 5.70 Å². The molecule has 0 bridgehead atoms. The molecule has 2 aliphatic rings. The molecule has 1 aromatic heterocycles. The number of thiazole rings is 1. The molecular formula is C11H14ClN5O2S. The smallest absolute Gasteiger partial charge is 0.300 e. The number of nitro groups is 1. The Bertz CT molecular complexity index is 575. The molecule has 108 valence electrons. The van der Waals surface area contributed by atoms with Gasteiger partial charge in [-0.3, -0.25) is 15.0 Å². The highest BCUT2D eigenvalue weighted by Gasteiger charge is 2.38. The first-order valence-corrected chi connectivity index (χ1v) is 7.40. The van der Waals surface area contributed by atoms with E-state index in [4.69, 9.17) is 11.6 Å². The van der Waals surface area contributed by atoms with Gasteiger partial charge in [0.2, 0.25) is 0 Å². The molecule has 0 atom stereocenters. The van der Waals surface area contributed by atoms with E-state index in [0.29, 0.717) is 17.6 Å². The van der Waals surface area contributed by atoms with Gasteiger partial charge < -0.3 is 9.80 Å². The second-order valence-electron chi connectivity index (χ2n) is 4.95. The predicted molar refractivity (Wildman–Crippen MR) is 75.8 cm³/mol. The largest absolute Gasteiger partial charge is 0.346 e. The van der Waals surface area contributed by atoms with Gasteiger partial charge in [0.15, 0.2) is 10.3 Å². The molecule has 1 aromatic rings. The number of rotatable bonds is 3. The zero-order valence-electron chi connectivity index (χ0n) is 11.0. The average molecular weight is 316 g/mol. The molecule has 0 aliphatic carbocycles. The minimum atomic E-state index is -0.268. The Hall–Kier alpha value is -1.38. The van der Waals surface area contributed by atoms with Crippen molar-refractivity contribution in [3.63, 3.8) is 0 Å². The zero-order valence-corrected chi connectivity index (χ0v) is 12.5. The van der Waals surface area contributed by atoms with Crippen LogP contribution in [-0.2, 0) is 6.54 Å². The number of aromatic nitrogens is 1. The fraction of sp³-hybridized carbons (Fsp3) is 0.545. The molecule has 1 saturated heterocycles. The summed E-state index contributed by atoms with van der Waals surface area (Å²) in [5.41, 5.74) is 0.270. The first-order valence-electron chi connectivity index (χ1n) is 6.21. The molecule has 2 aliphatic heterocycles. The summed E-state index contributed by atoms with van der Waals surface area (Å²) in [5.74, 6) is 0.748. The molecule has 3 rings (SSSR count). The molecule has 1 fully saturated rings. The third-order valence-corrected chi connectivity index (χ3v) is 4.52. The molecule has 0 aromatic carbocycles. The normalized spacial score (nSPS) is 19.7. The lowest BCUT2D eigenvalue weighted by Gasteiger charge is -2.32. The molecule has 0 unspecified atom stereocenters. The summed E-state index contributed by atoms with van der Waals surface area (Å²) in [6.45, 7) is 3.32. The fourth-order valence-electron chi connectivity index (χ4n) is 2.66. The maximum Gasteiger partial charge on any atom is 0.300 e. The Morgan fingerprint density at radius 2 is 2.35 bits per heavy atom. The van der Waals surface area contributed by atoms with E-state index in [9.17, 15) is 10.1 Å². The maximum absolute atomic E-state index is 11.3. The molecule has 9 heteroatoms. The van der Waals surface area contributed by atoms with E-state index < -0.39 is 0 Å². The quantitative estimate of drug-likeness (QED) is 0.618. The van der Waals surface area contributed by atoms with Crippen LogP contribution in [0.3, 0.4) is 0 Å². The van der Waals surface area contributed by atoms with Crippen LogP contribution in [0.15, 0.2) is 17.7 Å². The minimum absolute atomic E-state index is 0.268. The number of hydrogen-bond acceptors (Lipinski definition) is 7. The van der Waals surface area contributed by atoms with Crippen LogP contribution in [0.5, 0.6) is 0 Å². The van der Waals surface area contributed by atoms with E-state index in [-0.39, 0.29) is 10.6 Å². The van der Waals surface area contributed by atoms with Crippen LogP contribution in [0.4, 0.5) is 0 Å². The molecule has 3 heterocycles. The molecule has 0 saturated carbocycles. The molecule has 0 spiro atoms. The van der Waals surface area contributed by atoms with Crippen LogP contribution in [0.25, 0.3) is 0 Å². The van der Waals surface area contributed by atoms with Gasteiger partial charge in [0.1, 0.15) is 0 Å². The Morgan fingerprint density at radius 1 is 1.55 bits per heavy atom. The zero-order chi connectivity index (χ0) is 14.3. The summed E-state index contributed by atoms with van der Waals surface area (Å²) < 4.78 is 0.503. The number of nitrogens with zero attached hydrogens (tertiary/aromatic N) is 5. The molecule has 0 amide bonds. The van der Waals surface area contributed by atoms with Gasteiger partial charge in [-0.25, -0.2) is 4.98 Å². The third-order valence-electron chi connectivity index (χ3n) is 3.42. The van der Waals surface area contributed by atoms with Crippen LogP contribution in [0.1, 0.15) is 4.88 Å². The summed E-state index contributed by atoms with van der Waals surface area (Å²) >= 11 is 7.25. The molecule has 7 nitrogen and oxygen atoms in total. The summed E-state index contributed by atoms with van der Waals surface area (Å²) in [5, 5.41) is 11.3. The first-order chi connectivity index (χ1) is 9.54. The summed E-state index contributed by atoms with van der Waals surface area (Å²) in [6.07, 6.45) is 1.73. The van der Waals surface area contributed by atoms with E-state index in [1.165, 1.54) is 11.3 Å². The van der Waals surface area contributed by atoms with E-state index in [1.807, 2.05) is 11.9 Å². The summed E-state index contributed by atoms with van der Waals surface area (Å²) in [6, 6.07) is 0. The SMILES string of the molecule is CN1CC([N+](=O)[O-])=C2N(Cc3cnc(Cl)s3)CCN2C1. The maximum atomic E-state index is 11.3. The standard InChI is InChI=1S/C11H14ClN5O2S/c1-14-6-9(17(18)19)10-15(2-3-16(10)7-14)5-8-4-13-11(12)20-8/h4H,2-3,5-7H2,1H3. The topological polar surface area (TPSA) is 65.8 Å². The van der Waals surface area contributed by atoms with E-state index in [0.717, 1.165) is 30.5 Å². The lowest BCUT2D eigenvalue weighted by atomic mass is 10.3. The predicted octanol–water partition coefficient (Wildman–Crippen LogP) is 1.26. The molecule has 0 N–H and O–H groups in total. The fourth-order valence-corrected chi connectivity index (χ4v) is 3.66. The number of likely N-dealkylation sites (N-methyl/N-ethyl adjacent to an activating group) is 1. The van der Waals surface area contributed by atoms with E-state index >= 15 is 0 Å². The Balaban J connectivity index is 1.89. The van der Waals surface area contributed by atoms with Crippen LogP contribution in [0, 0.1) is 10.1 Å². The van der Waals surface area contributed by atoms with Gasteiger partial charge in [-0.1, -0.05) is 11.6 Å². The molecule has 20 heavy (non-hydrogen) atoms. The van der Waals surface area contributed by atoms with E-state index in [2.05, 4.69) is 14.8 Å². The highest BCUT2D eigenvalue weighted by atomic mass is 35.5. The average Bonchev–Trinajstić information content (AvgIpc) is 2.96. The van der Waals surface area contributed by atoms with Gasteiger partial charge in [0.05, 0.1) is 24.7 Å². The van der Waals surface area contributed by atoms with Crippen molar-refractivity contribution in [2.75, 3.05) is 33.4 Å². The van der Waals surface area contributed by atoms with Crippen molar-refractivity contribution in [3.8, 4) is 0 Å². The van der Waals surface area contributed by atoms with Crippen molar-refractivity contribution in [1.29, 1.82) is 0 Å². The van der Waals surface area contributed by atoms with Gasteiger partial charge >= 0.3 is 0 Å². The lowest BCUT2D eigenvalue weighted by Crippen LogP contribution is -2.43. The Labute approximate surface area is 125 Å². The highest BCUT2D eigenvalue weighted by molar-refractivity contribution is 7.15. The van der Waals surface area contributed by atoms with Crippen LogP contribution in [-0.4, -0.2) is 58.0 Å². The van der Waals surface area contributed by atoms with Gasteiger partial charge in [-0.2, -0.15) is 0 Å². The van der Waals surface area contributed by atoms with Crippen LogP contribution >= 0.6 is 22.9 Å². The van der Waals surface area contributed by atoms with Crippen LogP contribution < -0.4 is 0 Å². The third kappa shape index (κ3) is 2.46. The summed E-state index contributed by atoms with van der Waals surface area (Å²) in [7, 11) is 1.89. The van der Waals surface area contributed by atoms with Gasteiger partial charge in [-0.05, 0) is 7.05 Å². The second kappa shape index (κ2) is 5.19. The van der Waals surface area contributed by atoms with Crippen molar-refractivity contribution >= 4 is 22.9 Å². The van der Waals surface area contributed by atoms with Crippen LogP contribution in [0.2, 0.25) is 4.47 Å². The van der Waals surface area contributed by atoms with Crippen molar-refractivity contribution in [3.05, 3.63) is 37.2 Å². The number of halogens is 1. The first kappa shape index (κ1) is 13.6. The van der Waals surface area contributed by atoms with Crippen molar-refractivity contribution in [2.24, 2.45) is 0 Å². The van der Waals surface area contributed by atoms with E-state index in [1.54, 1.807) is 6.20 Å². The Kier molecular flexibility index (Phi) is 3.53. The van der Waals surface area contributed by atoms with Crippen molar-refractivity contribution in [2.45, 2.75) is 6.54 Å². The number of hydrogen-bond donors (Lipinski definition) is 0. The number of fused-ring (bicyclic) bond motifs is 1.